The largest absolute Gasteiger partial charge is 0.497 e. The molecule has 2 aliphatic heterocycles. The highest BCUT2D eigenvalue weighted by molar-refractivity contribution is 7.91. The van der Waals surface area contributed by atoms with E-state index in [1.165, 1.54) is 11.8 Å². The van der Waals surface area contributed by atoms with Gasteiger partial charge in [0.05, 0.1) is 29.4 Å². The van der Waals surface area contributed by atoms with Crippen LogP contribution in [0.5, 0.6) is 11.6 Å². The number of alkyl carbamates (subject to hydrolysis) is 1. The van der Waals surface area contributed by atoms with E-state index < -0.39 is 92.4 Å². The molecule has 3 heterocycles. The normalized spacial score (nSPS) is 30.4. The van der Waals surface area contributed by atoms with E-state index in [0.717, 1.165) is 32.1 Å². The number of methoxy groups -OCH3 is 1. The third-order valence-electron chi connectivity index (χ3n) is 13.2. The highest BCUT2D eigenvalue weighted by atomic mass is 32.2. The summed E-state index contributed by atoms with van der Waals surface area (Å²) in [5.41, 5.74) is -0.914. The number of ether oxygens (including phenoxy) is 3. The molecule has 330 valence electrons. The fraction of sp³-hybridized carbons (Fsp3) is 0.714. The van der Waals surface area contributed by atoms with E-state index >= 15 is 0 Å². The van der Waals surface area contributed by atoms with Gasteiger partial charge in [-0.3, -0.25) is 19.1 Å². The standard InChI is InChI=1S/C42H58F2N6O9S/c1-7-26-31-22-50(33(26)35(51)48-42(21-24(42)13-16-32(43)44)38(53)49-60(55,56)41(5)17-18-41)37(52)34(40(2,3)4)47-39(54)59-30-19-23(30)11-9-8-10-12-28-36(58-31)46-29-20-25(57-6)14-15-27(29)45-28/h14-15,20,23-24,26,30-34H,7-13,16-19,21-22H2,1-6H3,(H,47,54)(H,48,51)(H,49,53)/t23-,24-,26-,30-,31+,33+,34-,42-/m1/s1. The Kier molecular flexibility index (Phi) is 12.0. The second-order valence-corrected chi connectivity index (χ2v) is 20.9. The van der Waals surface area contributed by atoms with Crippen molar-refractivity contribution in [2.24, 2.45) is 23.2 Å². The van der Waals surface area contributed by atoms with Gasteiger partial charge >= 0.3 is 6.09 Å². The van der Waals surface area contributed by atoms with Crippen LogP contribution in [0.15, 0.2) is 18.2 Å². The summed E-state index contributed by atoms with van der Waals surface area (Å²) in [6.07, 6.45) is 0.426. The number of amides is 4. The molecule has 60 heavy (non-hydrogen) atoms. The van der Waals surface area contributed by atoms with E-state index in [0.29, 0.717) is 48.2 Å². The summed E-state index contributed by atoms with van der Waals surface area (Å²) < 4.78 is 72.4. The minimum absolute atomic E-state index is 0.0689. The number of nitrogens with one attached hydrogen (secondary N) is 3. The number of carbonyl (C=O) groups excluding carboxylic acids is 4. The fourth-order valence-electron chi connectivity index (χ4n) is 8.85. The van der Waals surface area contributed by atoms with Crippen molar-refractivity contribution in [1.82, 2.24) is 30.2 Å². The molecule has 5 aliphatic rings. The molecule has 2 bridgehead atoms. The highest BCUT2D eigenvalue weighted by Crippen LogP contribution is 2.49. The first-order valence-electron chi connectivity index (χ1n) is 21.2. The van der Waals surface area contributed by atoms with Crippen molar-refractivity contribution in [3.8, 4) is 11.6 Å². The Bertz CT molecular complexity index is 2110. The molecule has 7 rings (SSSR count). The third-order valence-corrected chi connectivity index (χ3v) is 15.3. The molecule has 3 aliphatic carbocycles. The number of sulfonamides is 1. The first-order chi connectivity index (χ1) is 28.3. The summed E-state index contributed by atoms with van der Waals surface area (Å²) in [5.74, 6) is -2.84. The second-order valence-electron chi connectivity index (χ2n) is 18.7. The van der Waals surface area contributed by atoms with Gasteiger partial charge in [0.25, 0.3) is 5.91 Å². The molecular weight excluding hydrogens is 803 g/mol. The molecule has 1 saturated heterocycles. The SMILES string of the molecule is CC[C@@H]1[C@@H]2CN(C(=O)[C@H](C(C)(C)C)NC(=O)O[C@@H]3C[C@H]3CCCCCc3nc4ccc(OC)cc4nc3O2)[C@@H]1C(=O)N[C@]1(C(=O)NS(=O)(=O)C2(C)CC2)C[C@H]1CCC(F)F. The Morgan fingerprint density at radius 3 is 2.50 bits per heavy atom. The molecule has 8 atom stereocenters. The predicted octanol–water partition coefficient (Wildman–Crippen LogP) is 5.19. The van der Waals surface area contributed by atoms with Crippen LogP contribution in [-0.4, -0.2) is 102 Å². The number of aryl methyl sites for hydroxylation is 1. The molecule has 1 aromatic heterocycles. The maximum absolute atomic E-state index is 14.9. The number of carbonyl (C=O) groups is 4. The Hall–Kier alpha value is -4.35. The molecule has 1 aromatic carbocycles. The molecule has 0 unspecified atom stereocenters. The van der Waals surface area contributed by atoms with Gasteiger partial charge in [-0.05, 0) is 94.1 Å². The number of hydrogen-bond acceptors (Lipinski definition) is 11. The smallest absolute Gasteiger partial charge is 0.408 e. The molecule has 4 amide bonds. The number of benzene rings is 1. The van der Waals surface area contributed by atoms with Gasteiger partial charge in [0.15, 0.2) is 0 Å². The van der Waals surface area contributed by atoms with Gasteiger partial charge in [-0.25, -0.2) is 32.0 Å². The molecule has 3 saturated carbocycles. The third kappa shape index (κ3) is 8.99. The van der Waals surface area contributed by atoms with Crippen LogP contribution in [0.3, 0.4) is 0 Å². The summed E-state index contributed by atoms with van der Waals surface area (Å²) in [5, 5.41) is 5.58. The van der Waals surface area contributed by atoms with E-state index in [4.69, 9.17) is 24.2 Å². The topological polar surface area (TPSA) is 195 Å². The Labute approximate surface area is 349 Å². The molecule has 0 spiro atoms. The zero-order valence-electron chi connectivity index (χ0n) is 35.2. The van der Waals surface area contributed by atoms with Crippen LogP contribution in [0.4, 0.5) is 13.6 Å². The molecular formula is C42H58F2N6O9S. The van der Waals surface area contributed by atoms with E-state index in [1.807, 2.05) is 13.0 Å². The van der Waals surface area contributed by atoms with Gasteiger partial charge in [-0.1, -0.05) is 40.5 Å². The molecule has 2 aromatic rings. The van der Waals surface area contributed by atoms with Gasteiger partial charge in [0, 0.05) is 18.4 Å². The second kappa shape index (κ2) is 16.5. The van der Waals surface area contributed by atoms with Crippen molar-refractivity contribution >= 4 is 44.9 Å². The minimum atomic E-state index is -4.15. The van der Waals surface area contributed by atoms with Crippen LogP contribution in [-0.2, 0) is 35.6 Å². The van der Waals surface area contributed by atoms with Crippen LogP contribution in [0.1, 0.15) is 111 Å². The average molecular weight is 861 g/mol. The van der Waals surface area contributed by atoms with Crippen molar-refractivity contribution in [2.45, 2.75) is 153 Å². The lowest BCUT2D eigenvalue weighted by Gasteiger charge is -2.36. The van der Waals surface area contributed by atoms with Gasteiger partial charge in [-0.15, -0.1) is 0 Å². The Morgan fingerprint density at radius 1 is 1.08 bits per heavy atom. The number of fused-ring (bicyclic) bond motifs is 5. The highest BCUT2D eigenvalue weighted by Gasteiger charge is 2.64. The quantitative estimate of drug-likeness (QED) is 0.285. The molecule has 3 N–H and O–H groups in total. The van der Waals surface area contributed by atoms with Gasteiger partial charge in [-0.2, -0.15) is 0 Å². The van der Waals surface area contributed by atoms with Gasteiger partial charge in [0.1, 0.15) is 41.3 Å². The summed E-state index contributed by atoms with van der Waals surface area (Å²) >= 11 is 0. The number of hydrogen-bond donors (Lipinski definition) is 3. The lowest BCUT2D eigenvalue weighted by atomic mass is 9.85. The fourth-order valence-corrected chi connectivity index (χ4v) is 10.2. The lowest BCUT2D eigenvalue weighted by Crippen LogP contribution is -2.61. The van der Waals surface area contributed by atoms with Gasteiger partial charge < -0.3 is 29.7 Å². The number of nitrogens with zero attached hydrogens (tertiary/aromatic N) is 3. The molecule has 15 nitrogen and oxygen atoms in total. The van der Waals surface area contributed by atoms with Crippen LogP contribution >= 0.6 is 0 Å². The number of rotatable bonds is 10. The zero-order chi connectivity index (χ0) is 43.4. The van der Waals surface area contributed by atoms with Crippen LogP contribution < -0.4 is 24.8 Å². The summed E-state index contributed by atoms with van der Waals surface area (Å²) in [6.45, 7) is 8.56. The Balaban J connectivity index is 1.27. The van der Waals surface area contributed by atoms with E-state index in [2.05, 4.69) is 15.4 Å². The first-order valence-corrected chi connectivity index (χ1v) is 22.7. The van der Waals surface area contributed by atoms with Crippen molar-refractivity contribution in [2.75, 3.05) is 13.7 Å². The minimum Gasteiger partial charge on any atom is -0.497 e. The average Bonchev–Trinajstić information content (AvgIpc) is 4.14. The maximum Gasteiger partial charge on any atom is 0.408 e. The van der Waals surface area contributed by atoms with Crippen molar-refractivity contribution in [1.29, 1.82) is 0 Å². The van der Waals surface area contributed by atoms with Crippen molar-refractivity contribution in [3.63, 3.8) is 0 Å². The van der Waals surface area contributed by atoms with Crippen LogP contribution in [0, 0.1) is 23.2 Å². The monoisotopic (exact) mass is 860 g/mol. The van der Waals surface area contributed by atoms with Crippen LogP contribution in [0.25, 0.3) is 11.0 Å². The van der Waals surface area contributed by atoms with Crippen molar-refractivity contribution in [3.05, 3.63) is 23.9 Å². The van der Waals surface area contributed by atoms with E-state index in [-0.39, 0.29) is 37.3 Å². The van der Waals surface area contributed by atoms with Crippen LogP contribution in [0.2, 0.25) is 0 Å². The van der Waals surface area contributed by atoms with Gasteiger partial charge in [0.2, 0.25) is 34.1 Å². The first kappa shape index (κ1) is 43.7. The van der Waals surface area contributed by atoms with E-state index in [1.54, 1.807) is 40.0 Å². The lowest BCUT2D eigenvalue weighted by molar-refractivity contribution is -0.143. The number of halogens is 2. The molecule has 18 heteroatoms. The van der Waals surface area contributed by atoms with Crippen molar-refractivity contribution < 1.29 is 50.6 Å². The molecule has 0 radical (unpaired) electrons. The summed E-state index contributed by atoms with van der Waals surface area (Å²) in [6, 6.07) is 2.90. The summed E-state index contributed by atoms with van der Waals surface area (Å²) in [7, 11) is -2.60. The zero-order valence-corrected chi connectivity index (χ0v) is 36.0. The predicted molar refractivity (Wildman–Crippen MR) is 216 cm³/mol. The number of aromatic nitrogens is 2. The Morgan fingerprint density at radius 2 is 1.83 bits per heavy atom. The molecule has 4 fully saturated rings. The maximum atomic E-state index is 14.9. The number of alkyl halides is 2. The summed E-state index contributed by atoms with van der Waals surface area (Å²) in [4.78, 5) is 68.4. The van der Waals surface area contributed by atoms with E-state index in [9.17, 15) is 36.4 Å².